The third-order valence-corrected chi connectivity index (χ3v) is 2.93. The predicted octanol–water partition coefficient (Wildman–Crippen LogP) is 2.66. The van der Waals surface area contributed by atoms with E-state index in [0.717, 1.165) is 5.69 Å². The number of H-pyrrole nitrogens is 1. The average Bonchev–Trinajstić information content (AvgIpc) is 2.83. The maximum absolute atomic E-state index is 3.26. The van der Waals surface area contributed by atoms with Crippen LogP contribution in [0.3, 0.4) is 0 Å². The summed E-state index contributed by atoms with van der Waals surface area (Å²) in [7, 11) is 2.07. The van der Waals surface area contributed by atoms with Gasteiger partial charge in [0.25, 0.3) is 0 Å². The molecule has 0 unspecified atom stereocenters. The van der Waals surface area contributed by atoms with Gasteiger partial charge in [-0.05, 0) is 18.2 Å². The van der Waals surface area contributed by atoms with Crippen molar-refractivity contribution in [1.29, 1.82) is 0 Å². The van der Waals surface area contributed by atoms with E-state index in [2.05, 4.69) is 59.2 Å². The van der Waals surface area contributed by atoms with Crippen molar-refractivity contribution >= 4 is 10.9 Å². The maximum Gasteiger partial charge on any atom is 0.212 e. The lowest BCUT2D eigenvalue weighted by atomic mass is 10.1. The van der Waals surface area contributed by atoms with Gasteiger partial charge < -0.3 is 4.98 Å². The first-order valence-corrected chi connectivity index (χ1v) is 5.37. The molecule has 2 heterocycles. The molecular formula is C14H13N2+. The Balaban J connectivity index is 2.39. The molecule has 78 valence electrons. The molecule has 1 aromatic carbocycles. The van der Waals surface area contributed by atoms with Crippen LogP contribution in [0.25, 0.3) is 22.2 Å². The highest BCUT2D eigenvalue weighted by molar-refractivity contribution is 5.91. The molecule has 0 aliphatic heterocycles. The van der Waals surface area contributed by atoms with Crippen LogP contribution in [-0.4, -0.2) is 4.98 Å². The minimum absolute atomic E-state index is 1.16. The molecule has 0 saturated heterocycles. The van der Waals surface area contributed by atoms with Crippen molar-refractivity contribution in [2.45, 2.75) is 0 Å². The number of hydrogen-bond acceptors (Lipinski definition) is 0. The molecule has 16 heavy (non-hydrogen) atoms. The molecule has 2 heteroatoms. The number of fused-ring (bicyclic) bond motifs is 1. The smallest absolute Gasteiger partial charge is 0.212 e. The second kappa shape index (κ2) is 3.49. The summed E-state index contributed by atoms with van der Waals surface area (Å²) in [5, 5.41) is 1.27. The monoisotopic (exact) mass is 209 g/mol. The van der Waals surface area contributed by atoms with Gasteiger partial charge >= 0.3 is 0 Å². The van der Waals surface area contributed by atoms with Crippen molar-refractivity contribution in [2.75, 3.05) is 0 Å². The zero-order chi connectivity index (χ0) is 11.0. The number of hydrogen-bond donors (Lipinski definition) is 1. The largest absolute Gasteiger partial charge is 0.361 e. The maximum atomic E-state index is 3.26. The second-order valence-corrected chi connectivity index (χ2v) is 3.94. The number of aryl methyl sites for hydroxylation is 1. The minimum atomic E-state index is 1.16. The number of nitrogens with one attached hydrogen (secondary N) is 1. The van der Waals surface area contributed by atoms with Crippen LogP contribution in [0.1, 0.15) is 0 Å². The van der Waals surface area contributed by atoms with Gasteiger partial charge in [-0.3, -0.25) is 0 Å². The van der Waals surface area contributed by atoms with Gasteiger partial charge in [0.15, 0.2) is 6.20 Å². The Morgan fingerprint density at radius 1 is 1.00 bits per heavy atom. The highest BCUT2D eigenvalue weighted by Gasteiger charge is 2.10. The molecule has 0 saturated carbocycles. The van der Waals surface area contributed by atoms with Crippen molar-refractivity contribution in [1.82, 2.24) is 4.98 Å². The molecule has 0 atom stereocenters. The molecule has 0 amide bonds. The summed E-state index contributed by atoms with van der Waals surface area (Å²) < 4.78 is 2.14. The Morgan fingerprint density at radius 2 is 1.88 bits per heavy atom. The molecule has 1 N–H and O–H groups in total. The predicted molar refractivity (Wildman–Crippen MR) is 64.9 cm³/mol. The fraction of sp³-hybridized carbons (Fsp3) is 0.0714. The third kappa shape index (κ3) is 1.31. The van der Waals surface area contributed by atoms with Gasteiger partial charge in [-0.25, -0.2) is 4.57 Å². The molecule has 0 spiro atoms. The topological polar surface area (TPSA) is 19.7 Å². The summed E-state index contributed by atoms with van der Waals surface area (Å²) in [6.07, 6.45) is 4.05. The highest BCUT2D eigenvalue weighted by Crippen LogP contribution is 2.24. The second-order valence-electron chi connectivity index (χ2n) is 3.94. The van der Waals surface area contributed by atoms with Crippen LogP contribution in [0.5, 0.6) is 0 Å². The molecule has 0 aliphatic carbocycles. The number of aromatic amines is 1. The minimum Gasteiger partial charge on any atom is -0.361 e. The Bertz CT molecular complexity index is 624. The molecule has 0 bridgehead atoms. The van der Waals surface area contributed by atoms with E-state index in [0.29, 0.717) is 0 Å². The summed E-state index contributed by atoms with van der Waals surface area (Å²) in [5.74, 6) is 0. The van der Waals surface area contributed by atoms with Crippen molar-refractivity contribution in [3.63, 3.8) is 0 Å². The summed E-state index contributed by atoms with van der Waals surface area (Å²) in [6.45, 7) is 0. The molecule has 3 aromatic rings. The van der Waals surface area contributed by atoms with Crippen LogP contribution in [-0.2, 0) is 7.05 Å². The number of benzene rings is 1. The first kappa shape index (κ1) is 9.16. The van der Waals surface area contributed by atoms with E-state index >= 15 is 0 Å². The number of rotatable bonds is 1. The molecule has 3 rings (SSSR count). The van der Waals surface area contributed by atoms with Crippen molar-refractivity contribution in [3.8, 4) is 11.3 Å². The zero-order valence-electron chi connectivity index (χ0n) is 9.14. The van der Waals surface area contributed by atoms with Crippen molar-refractivity contribution < 1.29 is 4.57 Å². The van der Waals surface area contributed by atoms with Crippen LogP contribution in [0, 0.1) is 0 Å². The van der Waals surface area contributed by atoms with E-state index in [9.17, 15) is 0 Å². The average molecular weight is 209 g/mol. The van der Waals surface area contributed by atoms with Crippen molar-refractivity contribution in [2.24, 2.45) is 7.05 Å². The van der Waals surface area contributed by atoms with Crippen molar-refractivity contribution in [3.05, 3.63) is 54.9 Å². The number of para-hydroxylation sites is 1. The van der Waals surface area contributed by atoms with E-state index in [1.807, 2.05) is 12.3 Å². The lowest BCUT2D eigenvalue weighted by Crippen LogP contribution is -2.28. The normalized spacial score (nSPS) is 10.8. The standard InChI is InChI=1S/C14H12N2/c1-16-10-8-11(13-6-4-9-15-13)12-5-2-3-7-14(12)16/h2-10H,1H3/p+1. The molecule has 0 radical (unpaired) electrons. The highest BCUT2D eigenvalue weighted by atomic mass is 14.9. The van der Waals surface area contributed by atoms with Crippen LogP contribution >= 0.6 is 0 Å². The fourth-order valence-corrected chi connectivity index (χ4v) is 2.10. The fourth-order valence-electron chi connectivity index (χ4n) is 2.10. The SMILES string of the molecule is C[n+]1ccc(-c2ccc[nH]2)c2ccccc21. The first-order valence-electron chi connectivity index (χ1n) is 5.37. The number of pyridine rings is 1. The van der Waals surface area contributed by atoms with Crippen LogP contribution in [0.2, 0.25) is 0 Å². The molecule has 0 fully saturated rings. The first-order chi connectivity index (χ1) is 7.86. The summed E-state index contributed by atoms with van der Waals surface area (Å²) in [6, 6.07) is 14.7. The van der Waals surface area contributed by atoms with E-state index < -0.39 is 0 Å². The molecule has 2 aromatic heterocycles. The lowest BCUT2D eigenvalue weighted by molar-refractivity contribution is -0.644. The summed E-state index contributed by atoms with van der Waals surface area (Å²) in [4.78, 5) is 3.26. The zero-order valence-corrected chi connectivity index (χ0v) is 9.14. The van der Waals surface area contributed by atoms with Gasteiger partial charge in [-0.15, -0.1) is 0 Å². The van der Waals surface area contributed by atoms with Gasteiger partial charge in [-0.1, -0.05) is 12.1 Å². The van der Waals surface area contributed by atoms with E-state index in [1.165, 1.54) is 16.5 Å². The summed E-state index contributed by atoms with van der Waals surface area (Å²) >= 11 is 0. The Morgan fingerprint density at radius 3 is 2.69 bits per heavy atom. The van der Waals surface area contributed by atoms with Gasteiger partial charge in [-0.2, -0.15) is 0 Å². The van der Waals surface area contributed by atoms with Crippen LogP contribution < -0.4 is 4.57 Å². The molecule has 2 nitrogen and oxygen atoms in total. The van der Waals surface area contributed by atoms with Gasteiger partial charge in [0.2, 0.25) is 5.52 Å². The Hall–Kier alpha value is -2.09. The Kier molecular flexibility index (Phi) is 2.00. The molecular weight excluding hydrogens is 196 g/mol. The van der Waals surface area contributed by atoms with Gasteiger partial charge in [0.05, 0.1) is 5.39 Å². The third-order valence-electron chi connectivity index (χ3n) is 2.93. The van der Waals surface area contributed by atoms with Crippen LogP contribution in [0.4, 0.5) is 0 Å². The molecule has 0 aliphatic rings. The van der Waals surface area contributed by atoms with E-state index in [-0.39, 0.29) is 0 Å². The number of nitrogens with zero attached hydrogens (tertiary/aromatic N) is 1. The quantitative estimate of drug-likeness (QED) is 0.594. The van der Waals surface area contributed by atoms with Gasteiger partial charge in [0, 0.05) is 29.6 Å². The van der Waals surface area contributed by atoms with Crippen LogP contribution in [0.15, 0.2) is 54.9 Å². The van der Waals surface area contributed by atoms with Gasteiger partial charge in [0.1, 0.15) is 7.05 Å². The lowest BCUT2D eigenvalue weighted by Gasteiger charge is -2.02. The van der Waals surface area contributed by atoms with E-state index in [4.69, 9.17) is 0 Å². The Labute approximate surface area is 94.2 Å². The number of aromatic nitrogens is 2. The van der Waals surface area contributed by atoms with E-state index in [1.54, 1.807) is 0 Å². The summed E-state index contributed by atoms with van der Waals surface area (Å²) in [5.41, 5.74) is 3.66.